The Balaban J connectivity index is 0.000000713. The van der Waals surface area contributed by atoms with Gasteiger partial charge in [-0.15, -0.1) is 0 Å². The van der Waals surface area contributed by atoms with Crippen LogP contribution in [0.4, 0.5) is 0 Å². The Kier molecular flexibility index (Phi) is 30.4. The Morgan fingerprint density at radius 1 is 0.469 bits per heavy atom. The number of carbonyl (C=O) groups is 4. The van der Waals surface area contributed by atoms with Gasteiger partial charge in [-0.1, -0.05) is 90.9 Å². The second-order valence-corrected chi connectivity index (χ2v) is 18.5. The first kappa shape index (κ1) is 46.1. The summed E-state index contributed by atoms with van der Waals surface area (Å²) in [4.78, 5) is 42.2. The standard InChI is InChI=1S/2C14H26O4.2C6H5.Sn.2H/c2*1-2-3-4-5-6-7-9-12(14(17)18)10-8-11-13(15)16;2*1-2-4-6-5-3-1;;;/h2*12H,2-11H2,1H3,(H,15,16)(H,17,18);2*1-5H;;;/q;;;;+4;;/p-4. The molecule has 0 aliphatic rings. The topological polar surface area (TPSA) is 161 Å². The summed E-state index contributed by atoms with van der Waals surface area (Å²) < 4.78 is 3.16. The van der Waals surface area contributed by atoms with Gasteiger partial charge in [0.1, 0.15) is 0 Å². The summed E-state index contributed by atoms with van der Waals surface area (Å²) in [6, 6.07) is 21.7. The van der Waals surface area contributed by atoms with Crippen LogP contribution in [0.2, 0.25) is 0 Å². The third-order valence-corrected chi connectivity index (χ3v) is 13.5. The van der Waals surface area contributed by atoms with Crippen LogP contribution in [0.25, 0.3) is 0 Å². The molecule has 0 N–H and O–H groups in total. The van der Waals surface area contributed by atoms with Gasteiger partial charge in [-0.2, -0.15) is 0 Å². The fourth-order valence-electron chi connectivity index (χ4n) is 5.52. The molecule has 0 saturated heterocycles. The van der Waals surface area contributed by atoms with Crippen molar-refractivity contribution in [2.75, 3.05) is 0 Å². The Morgan fingerprint density at radius 3 is 1.08 bits per heavy atom. The maximum absolute atomic E-state index is 10.9. The van der Waals surface area contributed by atoms with Gasteiger partial charge < -0.3 is 39.6 Å². The third-order valence-electron chi connectivity index (χ3n) is 8.44. The van der Waals surface area contributed by atoms with E-state index in [-0.39, 0.29) is 12.8 Å². The van der Waals surface area contributed by atoms with Gasteiger partial charge in [0.25, 0.3) is 0 Å². The van der Waals surface area contributed by atoms with Crippen molar-refractivity contribution in [3.05, 3.63) is 60.7 Å². The van der Waals surface area contributed by atoms with E-state index >= 15 is 0 Å². The minimum absolute atomic E-state index is 0.0692. The van der Waals surface area contributed by atoms with Crippen molar-refractivity contribution in [1.82, 2.24) is 0 Å². The second-order valence-electron chi connectivity index (χ2n) is 12.8. The first-order chi connectivity index (χ1) is 23.6. The first-order valence-electron chi connectivity index (χ1n) is 18.5. The molecule has 9 heteroatoms. The number of hydrogen-bond acceptors (Lipinski definition) is 8. The SMILES string of the molecule is CCCCCCCCC(CCCC(=O)[O-])C(=O)[O-].CCCCCCCCC(CCCC(=O)[O-])C(=O)[O-].c1cc[c]([SnH2+4][c]2ccccc2)cc1. The number of benzene rings is 2. The van der Waals surface area contributed by atoms with Crippen LogP contribution < -0.4 is 27.6 Å². The summed E-state index contributed by atoms with van der Waals surface area (Å²) in [5.74, 6) is -5.35. The van der Waals surface area contributed by atoms with Crippen LogP contribution in [0.1, 0.15) is 142 Å². The molecular formula is C40H60O8Sn. The van der Waals surface area contributed by atoms with Crippen LogP contribution >= 0.6 is 0 Å². The van der Waals surface area contributed by atoms with Crippen molar-refractivity contribution in [3.63, 3.8) is 0 Å². The molecule has 0 spiro atoms. The summed E-state index contributed by atoms with van der Waals surface area (Å²) in [5.41, 5.74) is 0. The predicted molar refractivity (Wildman–Crippen MR) is 191 cm³/mol. The van der Waals surface area contributed by atoms with Gasteiger partial charge in [-0.05, 0) is 63.2 Å². The Bertz CT molecular complexity index is 1020. The molecule has 0 heterocycles. The molecule has 0 fully saturated rings. The van der Waals surface area contributed by atoms with E-state index in [1.807, 2.05) is 0 Å². The Morgan fingerprint density at radius 2 is 0.776 bits per heavy atom. The zero-order chi connectivity index (χ0) is 36.5. The van der Waals surface area contributed by atoms with E-state index in [9.17, 15) is 39.6 Å². The third kappa shape index (κ3) is 29.7. The van der Waals surface area contributed by atoms with E-state index in [4.69, 9.17) is 0 Å². The van der Waals surface area contributed by atoms with Crippen LogP contribution in [0, 0.1) is 11.8 Å². The number of unbranched alkanes of at least 4 members (excludes halogenated alkanes) is 10. The van der Waals surface area contributed by atoms with Crippen LogP contribution in [0.15, 0.2) is 60.7 Å². The molecule has 0 bridgehead atoms. The van der Waals surface area contributed by atoms with Gasteiger partial charge in [0.15, 0.2) is 0 Å². The van der Waals surface area contributed by atoms with Crippen molar-refractivity contribution < 1.29 is 39.6 Å². The molecule has 0 aliphatic carbocycles. The van der Waals surface area contributed by atoms with Crippen LogP contribution in [-0.4, -0.2) is 45.0 Å². The molecule has 4 radical (unpaired) electrons. The molecule has 2 atom stereocenters. The number of carboxylic acid groups (broad SMARTS) is 4. The fraction of sp³-hybridized carbons (Fsp3) is 0.600. The van der Waals surface area contributed by atoms with Gasteiger partial charge >= 0.3 is 89.0 Å². The van der Waals surface area contributed by atoms with Gasteiger partial charge in [0.2, 0.25) is 0 Å². The van der Waals surface area contributed by atoms with E-state index in [1.165, 1.54) is 38.5 Å². The quantitative estimate of drug-likeness (QED) is 0.104. The molecular weight excluding hydrogens is 727 g/mol. The number of carbonyl (C=O) groups excluding carboxylic acids is 4. The number of carboxylic acids is 4. The zero-order valence-corrected chi connectivity index (χ0v) is 34.1. The molecule has 8 nitrogen and oxygen atoms in total. The monoisotopic (exact) mass is 788 g/mol. The summed E-state index contributed by atoms with van der Waals surface area (Å²) in [6.07, 6.45) is 16.0. The van der Waals surface area contributed by atoms with Crippen molar-refractivity contribution in [2.24, 2.45) is 11.8 Å². The molecule has 2 aromatic carbocycles. The van der Waals surface area contributed by atoms with Crippen molar-refractivity contribution in [3.8, 4) is 0 Å². The Hall–Kier alpha value is -2.88. The molecule has 0 saturated carbocycles. The molecule has 0 aromatic heterocycles. The summed E-state index contributed by atoms with van der Waals surface area (Å²) in [5, 5.41) is 42.2. The normalized spacial score (nSPS) is 11.6. The van der Waals surface area contributed by atoms with E-state index in [2.05, 4.69) is 74.5 Å². The van der Waals surface area contributed by atoms with Crippen molar-refractivity contribution in [2.45, 2.75) is 142 Å². The van der Waals surface area contributed by atoms with Crippen LogP contribution in [0.5, 0.6) is 0 Å². The second kappa shape index (κ2) is 32.3. The Labute approximate surface area is 305 Å². The molecule has 2 aromatic rings. The average molecular weight is 788 g/mol. The zero-order valence-electron chi connectivity index (χ0n) is 30.0. The summed E-state index contributed by atoms with van der Waals surface area (Å²) in [7, 11) is 0. The van der Waals surface area contributed by atoms with Crippen LogP contribution in [0.3, 0.4) is 0 Å². The average Bonchev–Trinajstić information content (AvgIpc) is 3.07. The van der Waals surface area contributed by atoms with E-state index in [1.54, 1.807) is 7.16 Å². The summed E-state index contributed by atoms with van der Waals surface area (Å²) >= 11 is -0.881. The first-order valence-corrected chi connectivity index (χ1v) is 22.5. The van der Waals surface area contributed by atoms with Crippen molar-refractivity contribution in [1.29, 1.82) is 0 Å². The summed E-state index contributed by atoms with van der Waals surface area (Å²) in [6.45, 7) is 4.31. The molecule has 0 amide bonds. The van der Waals surface area contributed by atoms with Gasteiger partial charge in [0.05, 0.1) is 0 Å². The fourth-order valence-corrected chi connectivity index (χ4v) is 9.76. The molecule has 272 valence electrons. The predicted octanol–water partition coefficient (Wildman–Crippen LogP) is 2.85. The molecule has 2 unspecified atom stereocenters. The van der Waals surface area contributed by atoms with E-state index in [0.717, 1.165) is 38.5 Å². The molecule has 49 heavy (non-hydrogen) atoms. The van der Waals surface area contributed by atoms with Gasteiger partial charge in [-0.3, -0.25) is 0 Å². The maximum atomic E-state index is 10.9. The molecule has 2 rings (SSSR count). The van der Waals surface area contributed by atoms with Gasteiger partial charge in [0, 0.05) is 23.9 Å². The van der Waals surface area contributed by atoms with Crippen molar-refractivity contribution >= 4 is 52.2 Å². The van der Waals surface area contributed by atoms with Crippen LogP contribution in [-0.2, 0) is 19.2 Å². The van der Waals surface area contributed by atoms with E-state index < -0.39 is 56.9 Å². The minimum atomic E-state index is -1.12. The number of hydrogen-bond donors (Lipinski definition) is 0. The number of rotatable bonds is 26. The number of aliphatic carboxylic acids is 4. The van der Waals surface area contributed by atoms with Gasteiger partial charge in [-0.25, -0.2) is 0 Å². The van der Waals surface area contributed by atoms with E-state index in [0.29, 0.717) is 38.5 Å². The molecule has 0 aliphatic heterocycles.